The highest BCUT2D eigenvalue weighted by molar-refractivity contribution is 9.10. The molecule has 0 saturated heterocycles. The molecule has 2 nitrogen and oxygen atoms in total. The summed E-state index contributed by atoms with van der Waals surface area (Å²) in [6, 6.07) is 0. The van der Waals surface area contributed by atoms with Crippen LogP contribution in [0.4, 0.5) is 0 Å². The molecule has 0 bridgehead atoms. The van der Waals surface area contributed by atoms with Crippen molar-refractivity contribution in [3.05, 3.63) is 22.1 Å². The molecular formula is C4H2BrClN2. The van der Waals surface area contributed by atoms with Crippen LogP contribution in [0.3, 0.4) is 0 Å². The molecule has 8 heavy (non-hydrogen) atoms. The maximum Gasteiger partial charge on any atom is 0.161 e. The Kier molecular flexibility index (Phi) is 1.81. The van der Waals surface area contributed by atoms with Gasteiger partial charge >= 0.3 is 0 Å². The zero-order chi connectivity index (χ0) is 5.98. The molecule has 0 aliphatic heterocycles. The van der Waals surface area contributed by atoms with E-state index in [2.05, 4.69) is 25.9 Å². The number of hydrogen-bond donors (Lipinski definition) is 0. The van der Waals surface area contributed by atoms with E-state index >= 15 is 0 Å². The minimum atomic E-state index is 0.396. The van der Waals surface area contributed by atoms with Crippen LogP contribution in [-0.2, 0) is 0 Å². The monoisotopic (exact) mass is 192 g/mol. The summed E-state index contributed by atoms with van der Waals surface area (Å²) >= 11 is 8.58. The van der Waals surface area contributed by atoms with Crippen molar-refractivity contribution in [2.45, 2.75) is 0 Å². The first kappa shape index (κ1) is 5.98. The Hall–Kier alpha value is -0.150. The van der Waals surface area contributed by atoms with Gasteiger partial charge in [-0.1, -0.05) is 11.6 Å². The average molecular weight is 193 g/mol. The van der Waals surface area contributed by atoms with E-state index in [4.69, 9.17) is 11.6 Å². The zero-order valence-electron chi connectivity index (χ0n) is 3.81. The number of aromatic nitrogens is 2. The van der Waals surface area contributed by atoms with Gasteiger partial charge in [0.05, 0.1) is 0 Å². The fourth-order valence-corrected chi connectivity index (χ4v) is 0.630. The Morgan fingerprint density at radius 3 is 2.38 bits per heavy atom. The molecule has 0 spiro atoms. The molecule has 0 saturated carbocycles. The summed E-state index contributed by atoms with van der Waals surface area (Å²) in [5, 5.41) is 0.396. The SMILES string of the molecule is Clc1nccnc1Br. The second kappa shape index (κ2) is 2.42. The first-order chi connectivity index (χ1) is 3.80. The van der Waals surface area contributed by atoms with Crippen LogP contribution in [0.1, 0.15) is 0 Å². The van der Waals surface area contributed by atoms with Crippen molar-refractivity contribution in [3.8, 4) is 0 Å². The Morgan fingerprint density at radius 1 is 1.38 bits per heavy atom. The van der Waals surface area contributed by atoms with Gasteiger partial charge in [-0.25, -0.2) is 9.97 Å². The Labute approximate surface area is 60.0 Å². The lowest BCUT2D eigenvalue weighted by molar-refractivity contribution is 1.16. The Morgan fingerprint density at radius 2 is 2.00 bits per heavy atom. The Bertz CT molecular complexity index is 170. The first-order valence-electron chi connectivity index (χ1n) is 1.92. The second-order valence-electron chi connectivity index (χ2n) is 1.14. The quantitative estimate of drug-likeness (QED) is 0.629. The van der Waals surface area contributed by atoms with Crippen LogP contribution in [0.15, 0.2) is 17.0 Å². The molecule has 1 heterocycles. The summed E-state index contributed by atoms with van der Waals surface area (Å²) < 4.78 is 0.585. The van der Waals surface area contributed by atoms with E-state index < -0.39 is 0 Å². The van der Waals surface area contributed by atoms with Crippen LogP contribution in [0.25, 0.3) is 0 Å². The number of nitrogens with zero attached hydrogens (tertiary/aromatic N) is 2. The van der Waals surface area contributed by atoms with Crippen LogP contribution in [0.2, 0.25) is 5.15 Å². The first-order valence-corrected chi connectivity index (χ1v) is 3.10. The number of hydrogen-bond acceptors (Lipinski definition) is 2. The maximum atomic E-state index is 5.49. The van der Waals surface area contributed by atoms with E-state index in [1.807, 2.05) is 0 Å². The molecular weight excluding hydrogens is 191 g/mol. The molecule has 0 fully saturated rings. The van der Waals surface area contributed by atoms with Crippen molar-refractivity contribution in [1.29, 1.82) is 0 Å². The van der Waals surface area contributed by atoms with Gasteiger partial charge in [-0.3, -0.25) is 0 Å². The highest BCUT2D eigenvalue weighted by Crippen LogP contribution is 2.13. The molecule has 1 rings (SSSR count). The molecule has 0 N–H and O–H groups in total. The van der Waals surface area contributed by atoms with Crippen LogP contribution in [0.5, 0.6) is 0 Å². The molecule has 0 unspecified atom stereocenters. The van der Waals surface area contributed by atoms with E-state index in [1.165, 1.54) is 6.20 Å². The van der Waals surface area contributed by atoms with Gasteiger partial charge in [-0.15, -0.1) is 0 Å². The summed E-state index contributed by atoms with van der Waals surface area (Å²) in [7, 11) is 0. The van der Waals surface area contributed by atoms with Crippen LogP contribution in [-0.4, -0.2) is 9.97 Å². The standard InChI is InChI=1S/C4H2BrClN2/c5-3-4(6)8-2-1-7-3/h1-2H. The summed E-state index contributed by atoms with van der Waals surface area (Å²) in [6.07, 6.45) is 3.10. The van der Waals surface area contributed by atoms with E-state index in [0.717, 1.165) is 0 Å². The van der Waals surface area contributed by atoms with Crippen molar-refractivity contribution in [2.75, 3.05) is 0 Å². The van der Waals surface area contributed by atoms with Crippen molar-refractivity contribution < 1.29 is 0 Å². The van der Waals surface area contributed by atoms with Crippen molar-refractivity contribution in [1.82, 2.24) is 9.97 Å². The second-order valence-corrected chi connectivity index (χ2v) is 2.25. The highest BCUT2D eigenvalue weighted by Gasteiger charge is 1.92. The fraction of sp³-hybridized carbons (Fsp3) is 0. The summed E-state index contributed by atoms with van der Waals surface area (Å²) in [6.45, 7) is 0. The van der Waals surface area contributed by atoms with Crippen molar-refractivity contribution in [3.63, 3.8) is 0 Å². The number of rotatable bonds is 0. The predicted molar refractivity (Wildman–Crippen MR) is 34.7 cm³/mol. The molecule has 1 aromatic heterocycles. The van der Waals surface area contributed by atoms with E-state index in [-0.39, 0.29) is 0 Å². The molecule has 0 aromatic carbocycles. The lowest BCUT2D eigenvalue weighted by Gasteiger charge is -1.87. The highest BCUT2D eigenvalue weighted by atomic mass is 79.9. The summed E-state index contributed by atoms with van der Waals surface area (Å²) in [4.78, 5) is 7.54. The van der Waals surface area contributed by atoms with E-state index in [1.54, 1.807) is 6.20 Å². The van der Waals surface area contributed by atoms with E-state index in [9.17, 15) is 0 Å². The van der Waals surface area contributed by atoms with Gasteiger partial charge in [0.1, 0.15) is 4.60 Å². The third-order valence-electron chi connectivity index (χ3n) is 0.613. The van der Waals surface area contributed by atoms with Crippen molar-refractivity contribution in [2.24, 2.45) is 0 Å². The van der Waals surface area contributed by atoms with Gasteiger partial charge < -0.3 is 0 Å². The minimum absolute atomic E-state index is 0.396. The zero-order valence-corrected chi connectivity index (χ0v) is 6.15. The topological polar surface area (TPSA) is 25.8 Å². The lowest BCUT2D eigenvalue weighted by atomic mass is 10.8. The normalized spacial score (nSPS) is 9.25. The summed E-state index contributed by atoms with van der Waals surface area (Å²) in [5.41, 5.74) is 0. The van der Waals surface area contributed by atoms with Gasteiger partial charge in [0.2, 0.25) is 0 Å². The number of halogens is 2. The molecule has 0 radical (unpaired) electrons. The Balaban J connectivity index is 3.13. The van der Waals surface area contributed by atoms with Crippen molar-refractivity contribution >= 4 is 27.5 Å². The van der Waals surface area contributed by atoms with E-state index in [0.29, 0.717) is 9.76 Å². The van der Waals surface area contributed by atoms with Gasteiger partial charge in [0, 0.05) is 12.4 Å². The smallest absolute Gasteiger partial charge is 0.161 e. The molecule has 0 amide bonds. The van der Waals surface area contributed by atoms with Crippen LogP contribution < -0.4 is 0 Å². The van der Waals surface area contributed by atoms with Gasteiger partial charge in [-0.2, -0.15) is 0 Å². The van der Waals surface area contributed by atoms with Gasteiger partial charge in [-0.05, 0) is 15.9 Å². The molecule has 1 aromatic rings. The fourth-order valence-electron chi connectivity index (χ4n) is 0.304. The molecule has 0 atom stereocenters. The average Bonchev–Trinajstić information content (AvgIpc) is 1.77. The molecule has 0 aliphatic carbocycles. The molecule has 0 aliphatic rings. The summed E-state index contributed by atoms with van der Waals surface area (Å²) in [5.74, 6) is 0. The lowest BCUT2D eigenvalue weighted by Crippen LogP contribution is -1.77. The molecule has 4 heteroatoms. The minimum Gasteiger partial charge on any atom is -0.244 e. The van der Waals surface area contributed by atoms with Gasteiger partial charge in [0.25, 0.3) is 0 Å². The largest absolute Gasteiger partial charge is 0.244 e. The third kappa shape index (κ3) is 1.17. The third-order valence-corrected chi connectivity index (χ3v) is 1.70. The maximum absolute atomic E-state index is 5.49. The predicted octanol–water partition coefficient (Wildman–Crippen LogP) is 1.89. The molecule has 42 valence electrons. The van der Waals surface area contributed by atoms with Crippen LogP contribution in [0, 0.1) is 0 Å². The van der Waals surface area contributed by atoms with Crippen LogP contribution >= 0.6 is 27.5 Å². The van der Waals surface area contributed by atoms with Gasteiger partial charge in [0.15, 0.2) is 5.15 Å².